The Hall–Kier alpha value is -0.870. The van der Waals surface area contributed by atoms with E-state index in [-0.39, 0.29) is 11.3 Å². The fraction of sp³-hybridized carbons (Fsp3) is 0.400. The molecule has 0 aliphatic rings. The molecule has 0 radical (unpaired) electrons. The number of alkyl halides is 3. The maximum absolute atomic E-state index is 12.7. The summed E-state index contributed by atoms with van der Waals surface area (Å²) in [5, 5.41) is 5.60. The van der Waals surface area contributed by atoms with Gasteiger partial charge in [-0.2, -0.15) is 8.78 Å². The van der Waals surface area contributed by atoms with Crippen molar-refractivity contribution in [3.05, 3.63) is 29.8 Å². The van der Waals surface area contributed by atoms with Gasteiger partial charge in [-0.05, 0) is 24.6 Å². The molecule has 0 amide bonds. The molecule has 84 valence electrons. The Labute approximate surface area is 91.4 Å². The molecule has 15 heavy (non-hydrogen) atoms. The van der Waals surface area contributed by atoms with E-state index in [2.05, 4.69) is 0 Å². The standard InChI is InChI=1S/C10H11ClF2O2/c1-2-15-8-6-4-3-5-7(8)9(14)10(11,12)13/h3-6,9,14H,2H2,1H3. The van der Waals surface area contributed by atoms with Crippen molar-refractivity contribution in [1.29, 1.82) is 0 Å². The Morgan fingerprint density at radius 1 is 1.47 bits per heavy atom. The molecule has 2 nitrogen and oxygen atoms in total. The molecule has 1 aromatic rings. The third-order valence-corrected chi connectivity index (χ3v) is 2.03. The minimum Gasteiger partial charge on any atom is -0.493 e. The minimum atomic E-state index is -3.70. The predicted octanol–water partition coefficient (Wildman–Crippen LogP) is 2.95. The van der Waals surface area contributed by atoms with Crippen molar-refractivity contribution in [3.63, 3.8) is 0 Å². The monoisotopic (exact) mass is 236 g/mol. The highest BCUT2D eigenvalue weighted by Gasteiger charge is 2.38. The summed E-state index contributed by atoms with van der Waals surface area (Å²) in [6.07, 6.45) is -2.07. The van der Waals surface area contributed by atoms with Crippen LogP contribution in [-0.2, 0) is 0 Å². The van der Waals surface area contributed by atoms with Gasteiger partial charge in [0, 0.05) is 5.56 Å². The molecular formula is C10H11ClF2O2. The highest BCUT2D eigenvalue weighted by molar-refractivity contribution is 6.22. The van der Waals surface area contributed by atoms with Gasteiger partial charge in [-0.15, -0.1) is 0 Å². The van der Waals surface area contributed by atoms with Crippen LogP contribution in [0.2, 0.25) is 0 Å². The van der Waals surface area contributed by atoms with Crippen molar-refractivity contribution >= 4 is 11.6 Å². The van der Waals surface area contributed by atoms with E-state index in [1.54, 1.807) is 13.0 Å². The second kappa shape index (κ2) is 4.77. The van der Waals surface area contributed by atoms with Gasteiger partial charge in [-0.1, -0.05) is 18.2 Å². The van der Waals surface area contributed by atoms with E-state index in [0.717, 1.165) is 0 Å². The topological polar surface area (TPSA) is 29.5 Å². The molecule has 5 heteroatoms. The van der Waals surface area contributed by atoms with Crippen LogP contribution in [-0.4, -0.2) is 17.1 Å². The Kier molecular flexibility index (Phi) is 3.88. The second-order valence-corrected chi connectivity index (χ2v) is 3.42. The molecule has 1 atom stereocenters. The van der Waals surface area contributed by atoms with E-state index in [0.29, 0.717) is 6.61 Å². The number of rotatable bonds is 4. The molecule has 0 spiro atoms. The molecule has 1 N–H and O–H groups in total. The number of hydrogen-bond donors (Lipinski definition) is 1. The van der Waals surface area contributed by atoms with Gasteiger partial charge >= 0.3 is 5.38 Å². The van der Waals surface area contributed by atoms with Crippen molar-refractivity contribution in [2.24, 2.45) is 0 Å². The third-order valence-electron chi connectivity index (χ3n) is 1.82. The van der Waals surface area contributed by atoms with Crippen molar-refractivity contribution in [2.45, 2.75) is 18.4 Å². The van der Waals surface area contributed by atoms with Crippen LogP contribution in [0.4, 0.5) is 8.78 Å². The Morgan fingerprint density at radius 2 is 2.07 bits per heavy atom. The fourth-order valence-corrected chi connectivity index (χ4v) is 1.29. The Balaban J connectivity index is 3.02. The van der Waals surface area contributed by atoms with Gasteiger partial charge in [-0.3, -0.25) is 0 Å². The summed E-state index contributed by atoms with van der Waals surface area (Å²) >= 11 is 4.75. The minimum absolute atomic E-state index is 0.0145. The summed E-state index contributed by atoms with van der Waals surface area (Å²) < 4.78 is 30.5. The van der Waals surface area contributed by atoms with Gasteiger partial charge < -0.3 is 9.84 Å². The molecule has 0 aromatic heterocycles. The number of benzene rings is 1. The fourth-order valence-electron chi connectivity index (χ4n) is 1.17. The molecule has 1 aromatic carbocycles. The van der Waals surface area contributed by atoms with E-state index in [9.17, 15) is 13.9 Å². The third kappa shape index (κ3) is 3.04. The lowest BCUT2D eigenvalue weighted by molar-refractivity contribution is -0.0436. The van der Waals surface area contributed by atoms with Crippen LogP contribution in [0.25, 0.3) is 0 Å². The number of hydrogen-bond acceptors (Lipinski definition) is 2. The normalized spacial score (nSPS) is 13.7. The summed E-state index contributed by atoms with van der Waals surface area (Å²) in [5.74, 6) is 0.216. The first-order chi connectivity index (χ1) is 6.96. The van der Waals surface area contributed by atoms with E-state index in [1.165, 1.54) is 18.2 Å². The van der Waals surface area contributed by atoms with Crippen molar-refractivity contribution in [1.82, 2.24) is 0 Å². The lowest BCUT2D eigenvalue weighted by Gasteiger charge is -2.19. The molecule has 0 heterocycles. The first kappa shape index (κ1) is 12.2. The molecule has 0 bridgehead atoms. The Morgan fingerprint density at radius 3 is 2.60 bits per heavy atom. The summed E-state index contributed by atoms with van der Waals surface area (Å²) in [4.78, 5) is 0. The first-order valence-corrected chi connectivity index (χ1v) is 4.81. The maximum atomic E-state index is 12.7. The number of aliphatic hydroxyl groups is 1. The summed E-state index contributed by atoms with van der Waals surface area (Å²) in [6.45, 7) is 2.06. The van der Waals surface area contributed by atoms with Crippen molar-refractivity contribution in [2.75, 3.05) is 6.61 Å². The van der Waals surface area contributed by atoms with Gasteiger partial charge in [-0.25, -0.2) is 0 Å². The molecule has 0 saturated heterocycles. The zero-order valence-corrected chi connectivity index (χ0v) is 8.84. The first-order valence-electron chi connectivity index (χ1n) is 4.43. The zero-order valence-electron chi connectivity index (χ0n) is 8.08. The summed E-state index contributed by atoms with van der Waals surface area (Å²) in [7, 11) is 0. The van der Waals surface area contributed by atoms with Crippen LogP contribution in [0.15, 0.2) is 24.3 Å². The summed E-state index contributed by atoms with van der Waals surface area (Å²) in [6, 6.07) is 6.02. The molecule has 0 fully saturated rings. The lowest BCUT2D eigenvalue weighted by Crippen LogP contribution is -2.19. The van der Waals surface area contributed by atoms with Gasteiger partial charge in [0.05, 0.1) is 6.61 Å². The smallest absolute Gasteiger partial charge is 0.351 e. The number of para-hydroxylation sites is 1. The molecule has 0 aliphatic carbocycles. The molecule has 0 aliphatic heterocycles. The number of ether oxygens (including phenoxy) is 1. The average molecular weight is 237 g/mol. The lowest BCUT2D eigenvalue weighted by atomic mass is 10.1. The Bertz CT molecular complexity index is 325. The number of halogens is 3. The SMILES string of the molecule is CCOc1ccccc1C(O)C(F)(F)Cl. The van der Waals surface area contributed by atoms with E-state index in [1.807, 2.05) is 0 Å². The molecular weight excluding hydrogens is 226 g/mol. The molecule has 1 unspecified atom stereocenters. The van der Waals surface area contributed by atoms with Crippen LogP contribution in [0, 0.1) is 0 Å². The van der Waals surface area contributed by atoms with Gasteiger partial charge in [0.2, 0.25) is 0 Å². The maximum Gasteiger partial charge on any atom is 0.351 e. The van der Waals surface area contributed by atoms with E-state index in [4.69, 9.17) is 16.3 Å². The van der Waals surface area contributed by atoms with E-state index >= 15 is 0 Å². The van der Waals surface area contributed by atoms with Crippen molar-refractivity contribution < 1.29 is 18.6 Å². The van der Waals surface area contributed by atoms with E-state index < -0.39 is 11.5 Å². The molecule has 0 saturated carbocycles. The van der Waals surface area contributed by atoms with Crippen LogP contribution in [0.5, 0.6) is 5.75 Å². The summed E-state index contributed by atoms with van der Waals surface area (Å²) in [5.41, 5.74) is -0.0145. The second-order valence-electron chi connectivity index (χ2n) is 2.91. The van der Waals surface area contributed by atoms with Crippen LogP contribution < -0.4 is 4.74 Å². The van der Waals surface area contributed by atoms with Gasteiger partial charge in [0.25, 0.3) is 0 Å². The zero-order chi connectivity index (χ0) is 11.5. The molecule has 1 rings (SSSR count). The van der Waals surface area contributed by atoms with Gasteiger partial charge in [0.15, 0.2) is 6.10 Å². The van der Waals surface area contributed by atoms with Crippen LogP contribution in [0.3, 0.4) is 0 Å². The van der Waals surface area contributed by atoms with Crippen molar-refractivity contribution in [3.8, 4) is 5.75 Å². The predicted molar refractivity (Wildman–Crippen MR) is 53.4 cm³/mol. The quantitative estimate of drug-likeness (QED) is 0.815. The highest BCUT2D eigenvalue weighted by atomic mass is 35.5. The highest BCUT2D eigenvalue weighted by Crippen LogP contribution is 2.38. The number of aliphatic hydroxyl groups excluding tert-OH is 1. The van der Waals surface area contributed by atoms with Gasteiger partial charge in [0.1, 0.15) is 5.75 Å². The average Bonchev–Trinajstić information content (AvgIpc) is 2.17. The van der Waals surface area contributed by atoms with Crippen LogP contribution >= 0.6 is 11.6 Å². The largest absolute Gasteiger partial charge is 0.493 e. The van der Waals surface area contributed by atoms with Crippen LogP contribution in [0.1, 0.15) is 18.6 Å².